The zero-order chi connectivity index (χ0) is 16.8. The Kier molecular flexibility index (Phi) is 3.37. The molecule has 0 bridgehead atoms. The molecule has 1 aliphatic heterocycles. The highest BCUT2D eigenvalue weighted by atomic mass is 19.1. The highest BCUT2D eigenvalue weighted by Gasteiger charge is 2.48. The van der Waals surface area contributed by atoms with Crippen LogP contribution in [0.25, 0.3) is 0 Å². The Labute approximate surface area is 138 Å². The molecular formula is C17H17FN4O2. The van der Waals surface area contributed by atoms with Crippen molar-refractivity contribution in [2.24, 2.45) is 13.0 Å². The Morgan fingerprint density at radius 1 is 1.21 bits per heavy atom. The quantitative estimate of drug-likeness (QED) is 0.876. The SMILES string of the molecule is Cn1ccc(C2NC(=O)N(C(c3ccc(F)cc3)C3CC3)C2=O)n1. The Morgan fingerprint density at radius 3 is 2.50 bits per heavy atom. The number of carbonyl (C=O) groups is 2. The van der Waals surface area contributed by atoms with Gasteiger partial charge in [0.05, 0.1) is 11.7 Å². The molecule has 0 radical (unpaired) electrons. The van der Waals surface area contributed by atoms with Crippen molar-refractivity contribution < 1.29 is 14.0 Å². The van der Waals surface area contributed by atoms with Gasteiger partial charge in [0, 0.05) is 13.2 Å². The third-order valence-electron chi connectivity index (χ3n) is 4.56. The predicted octanol–water partition coefficient (Wildman–Crippen LogP) is 2.30. The van der Waals surface area contributed by atoms with E-state index in [4.69, 9.17) is 0 Å². The summed E-state index contributed by atoms with van der Waals surface area (Å²) in [7, 11) is 1.76. The maximum atomic E-state index is 13.2. The van der Waals surface area contributed by atoms with Gasteiger partial charge in [-0.05, 0) is 42.5 Å². The summed E-state index contributed by atoms with van der Waals surface area (Å²) in [5.41, 5.74) is 1.30. The number of carbonyl (C=O) groups excluding carboxylic acids is 2. The van der Waals surface area contributed by atoms with Crippen LogP contribution in [0.15, 0.2) is 36.5 Å². The standard InChI is InChI=1S/C17H17FN4O2/c1-21-9-8-13(20-21)14-16(23)22(17(24)19-14)15(10-2-3-10)11-4-6-12(18)7-5-11/h4-10,14-15H,2-3H2,1H3,(H,19,24). The van der Waals surface area contributed by atoms with Crippen LogP contribution in [0, 0.1) is 11.7 Å². The van der Waals surface area contributed by atoms with Gasteiger partial charge in [-0.2, -0.15) is 5.10 Å². The van der Waals surface area contributed by atoms with E-state index >= 15 is 0 Å². The number of imide groups is 1. The van der Waals surface area contributed by atoms with Gasteiger partial charge in [0.15, 0.2) is 6.04 Å². The Balaban J connectivity index is 1.67. The molecular weight excluding hydrogens is 311 g/mol. The van der Waals surface area contributed by atoms with Crippen LogP contribution < -0.4 is 5.32 Å². The van der Waals surface area contributed by atoms with Crippen molar-refractivity contribution in [2.75, 3.05) is 0 Å². The van der Waals surface area contributed by atoms with Gasteiger partial charge in [-0.3, -0.25) is 14.4 Å². The maximum Gasteiger partial charge on any atom is 0.325 e. The normalized spacial score (nSPS) is 21.9. The number of aromatic nitrogens is 2. The van der Waals surface area contributed by atoms with E-state index in [9.17, 15) is 14.0 Å². The summed E-state index contributed by atoms with van der Waals surface area (Å²) in [6.45, 7) is 0. The molecule has 0 spiro atoms. The van der Waals surface area contributed by atoms with Crippen LogP contribution in [0.3, 0.4) is 0 Å². The molecule has 1 saturated carbocycles. The zero-order valence-electron chi connectivity index (χ0n) is 13.1. The molecule has 4 rings (SSSR count). The number of aryl methyl sites for hydroxylation is 1. The second-order valence-electron chi connectivity index (χ2n) is 6.34. The van der Waals surface area contributed by atoms with E-state index in [1.165, 1.54) is 17.0 Å². The first-order valence-corrected chi connectivity index (χ1v) is 7.93. The number of benzene rings is 1. The summed E-state index contributed by atoms with van der Waals surface area (Å²) in [6, 6.07) is 6.19. The van der Waals surface area contributed by atoms with Gasteiger partial charge in [-0.25, -0.2) is 9.18 Å². The van der Waals surface area contributed by atoms with Crippen LogP contribution in [-0.4, -0.2) is 26.6 Å². The predicted molar refractivity (Wildman–Crippen MR) is 83.2 cm³/mol. The van der Waals surface area contributed by atoms with Crippen molar-refractivity contribution in [3.8, 4) is 0 Å². The Bertz CT molecular complexity index is 797. The highest BCUT2D eigenvalue weighted by Crippen LogP contribution is 2.46. The van der Waals surface area contributed by atoms with Gasteiger partial charge >= 0.3 is 6.03 Å². The molecule has 7 heteroatoms. The van der Waals surface area contributed by atoms with Gasteiger partial charge in [-0.15, -0.1) is 0 Å². The molecule has 24 heavy (non-hydrogen) atoms. The fourth-order valence-electron chi connectivity index (χ4n) is 3.25. The van der Waals surface area contributed by atoms with Gasteiger partial charge in [0.25, 0.3) is 5.91 Å². The minimum Gasteiger partial charge on any atom is -0.320 e. The number of nitrogens with zero attached hydrogens (tertiary/aromatic N) is 3. The summed E-state index contributed by atoms with van der Waals surface area (Å²) in [4.78, 5) is 26.6. The van der Waals surface area contributed by atoms with E-state index < -0.39 is 12.1 Å². The van der Waals surface area contributed by atoms with Crippen molar-refractivity contribution >= 4 is 11.9 Å². The van der Waals surface area contributed by atoms with E-state index in [0.717, 1.165) is 18.4 Å². The van der Waals surface area contributed by atoms with Crippen molar-refractivity contribution in [2.45, 2.75) is 24.9 Å². The van der Waals surface area contributed by atoms with Crippen LogP contribution >= 0.6 is 0 Å². The highest BCUT2D eigenvalue weighted by molar-refractivity contribution is 6.04. The lowest BCUT2D eigenvalue weighted by Crippen LogP contribution is -2.36. The van der Waals surface area contributed by atoms with Crippen LogP contribution in [0.1, 0.15) is 36.2 Å². The lowest BCUT2D eigenvalue weighted by Gasteiger charge is -2.25. The van der Waals surface area contributed by atoms with Crippen molar-refractivity contribution in [3.63, 3.8) is 0 Å². The lowest BCUT2D eigenvalue weighted by atomic mass is 10.0. The third kappa shape index (κ3) is 2.46. The second kappa shape index (κ2) is 5.43. The average Bonchev–Trinajstić information content (AvgIpc) is 3.24. The van der Waals surface area contributed by atoms with Crippen molar-refractivity contribution in [1.29, 1.82) is 0 Å². The monoisotopic (exact) mass is 328 g/mol. The number of halogens is 1. The fraction of sp³-hybridized carbons (Fsp3) is 0.353. The van der Waals surface area contributed by atoms with E-state index in [-0.39, 0.29) is 23.7 Å². The molecule has 2 unspecified atom stereocenters. The molecule has 1 saturated heterocycles. The molecule has 2 fully saturated rings. The first-order valence-electron chi connectivity index (χ1n) is 7.93. The molecule has 1 aromatic heterocycles. The van der Waals surface area contributed by atoms with Gasteiger partial charge in [-0.1, -0.05) is 12.1 Å². The molecule has 2 aromatic rings. The molecule has 124 valence electrons. The molecule has 2 aliphatic rings. The summed E-state index contributed by atoms with van der Waals surface area (Å²) >= 11 is 0. The van der Waals surface area contributed by atoms with Crippen molar-refractivity contribution in [3.05, 3.63) is 53.6 Å². The van der Waals surface area contributed by atoms with Crippen LogP contribution in [0.2, 0.25) is 0 Å². The average molecular weight is 328 g/mol. The Hall–Kier alpha value is -2.70. The minimum absolute atomic E-state index is 0.229. The number of amides is 3. The Morgan fingerprint density at radius 2 is 1.92 bits per heavy atom. The molecule has 1 aromatic carbocycles. The lowest BCUT2D eigenvalue weighted by molar-refractivity contribution is -0.129. The summed E-state index contributed by atoms with van der Waals surface area (Å²) in [5.74, 6) is -0.413. The van der Waals surface area contributed by atoms with E-state index in [2.05, 4.69) is 10.4 Å². The van der Waals surface area contributed by atoms with E-state index in [0.29, 0.717) is 5.69 Å². The number of urea groups is 1. The topological polar surface area (TPSA) is 67.2 Å². The molecule has 6 nitrogen and oxygen atoms in total. The number of nitrogens with one attached hydrogen (secondary N) is 1. The molecule has 1 N–H and O–H groups in total. The molecule has 2 atom stereocenters. The molecule has 2 heterocycles. The van der Waals surface area contributed by atoms with Crippen LogP contribution in [0.5, 0.6) is 0 Å². The van der Waals surface area contributed by atoms with Gasteiger partial charge < -0.3 is 5.32 Å². The summed E-state index contributed by atoms with van der Waals surface area (Å²) < 4.78 is 14.8. The maximum absolute atomic E-state index is 13.2. The first kappa shape index (κ1) is 14.9. The molecule has 3 amide bonds. The summed E-state index contributed by atoms with van der Waals surface area (Å²) in [6.07, 6.45) is 3.64. The zero-order valence-corrected chi connectivity index (χ0v) is 13.1. The minimum atomic E-state index is -0.764. The van der Waals surface area contributed by atoms with Gasteiger partial charge in [0.2, 0.25) is 0 Å². The first-order chi connectivity index (χ1) is 11.5. The summed E-state index contributed by atoms with van der Waals surface area (Å²) in [5, 5.41) is 6.94. The number of hydrogen-bond donors (Lipinski definition) is 1. The third-order valence-corrected chi connectivity index (χ3v) is 4.56. The van der Waals surface area contributed by atoms with E-state index in [1.54, 1.807) is 36.1 Å². The van der Waals surface area contributed by atoms with Crippen LogP contribution in [-0.2, 0) is 11.8 Å². The fourth-order valence-corrected chi connectivity index (χ4v) is 3.25. The number of rotatable bonds is 4. The van der Waals surface area contributed by atoms with Crippen molar-refractivity contribution in [1.82, 2.24) is 20.0 Å². The van der Waals surface area contributed by atoms with Crippen LogP contribution in [0.4, 0.5) is 9.18 Å². The largest absolute Gasteiger partial charge is 0.325 e. The molecule has 1 aliphatic carbocycles. The number of hydrogen-bond acceptors (Lipinski definition) is 3. The smallest absolute Gasteiger partial charge is 0.320 e. The van der Waals surface area contributed by atoms with E-state index in [1.807, 2.05) is 0 Å². The van der Waals surface area contributed by atoms with Gasteiger partial charge in [0.1, 0.15) is 5.82 Å². The second-order valence-corrected chi connectivity index (χ2v) is 6.34.